The SMILES string of the molecule is CCCNc1cc(CC(C)C)nc(C(C)(C)C)n1. The molecule has 3 heteroatoms. The van der Waals surface area contributed by atoms with Crippen LogP contribution in [0.2, 0.25) is 0 Å². The molecule has 0 saturated carbocycles. The van der Waals surface area contributed by atoms with E-state index in [2.05, 4.69) is 57.9 Å². The van der Waals surface area contributed by atoms with Gasteiger partial charge in [0.05, 0.1) is 0 Å². The Hall–Kier alpha value is -1.12. The van der Waals surface area contributed by atoms with Crippen molar-refractivity contribution in [1.82, 2.24) is 9.97 Å². The minimum Gasteiger partial charge on any atom is -0.370 e. The molecule has 3 nitrogen and oxygen atoms in total. The number of rotatable bonds is 5. The van der Waals surface area contributed by atoms with Crippen LogP contribution in [0.4, 0.5) is 5.82 Å². The van der Waals surface area contributed by atoms with Crippen LogP contribution < -0.4 is 5.32 Å². The molecule has 102 valence electrons. The maximum Gasteiger partial charge on any atom is 0.136 e. The number of aromatic nitrogens is 2. The van der Waals surface area contributed by atoms with Crippen LogP contribution in [0.1, 0.15) is 59.5 Å². The van der Waals surface area contributed by atoms with Gasteiger partial charge in [0.2, 0.25) is 0 Å². The summed E-state index contributed by atoms with van der Waals surface area (Å²) in [7, 11) is 0. The molecule has 0 unspecified atom stereocenters. The number of anilines is 1. The molecule has 0 aliphatic carbocycles. The predicted octanol–water partition coefficient (Wildman–Crippen LogP) is 3.79. The van der Waals surface area contributed by atoms with Crippen LogP contribution in [0.25, 0.3) is 0 Å². The molecule has 0 bridgehead atoms. The second kappa shape index (κ2) is 6.17. The first-order valence-corrected chi connectivity index (χ1v) is 6.95. The summed E-state index contributed by atoms with van der Waals surface area (Å²) < 4.78 is 0. The third-order valence-corrected chi connectivity index (χ3v) is 2.62. The quantitative estimate of drug-likeness (QED) is 0.862. The van der Waals surface area contributed by atoms with E-state index >= 15 is 0 Å². The highest BCUT2D eigenvalue weighted by molar-refractivity contribution is 5.37. The van der Waals surface area contributed by atoms with Crippen LogP contribution >= 0.6 is 0 Å². The van der Waals surface area contributed by atoms with Crippen molar-refractivity contribution >= 4 is 5.82 Å². The molecule has 1 heterocycles. The van der Waals surface area contributed by atoms with E-state index in [0.29, 0.717) is 5.92 Å². The van der Waals surface area contributed by atoms with E-state index in [9.17, 15) is 0 Å². The molecule has 0 aliphatic rings. The fourth-order valence-corrected chi connectivity index (χ4v) is 1.70. The first-order valence-electron chi connectivity index (χ1n) is 6.95. The van der Waals surface area contributed by atoms with Gasteiger partial charge in [0.1, 0.15) is 11.6 Å². The lowest BCUT2D eigenvalue weighted by Crippen LogP contribution is -2.19. The van der Waals surface area contributed by atoms with Gasteiger partial charge in [-0.15, -0.1) is 0 Å². The standard InChI is InChI=1S/C15H27N3/c1-7-8-16-13-10-12(9-11(2)3)17-14(18-13)15(4,5)6/h10-11H,7-9H2,1-6H3,(H,16,17,18). The molecule has 1 aromatic rings. The zero-order valence-electron chi connectivity index (χ0n) is 12.7. The molecule has 0 spiro atoms. The molecule has 1 aromatic heterocycles. The van der Waals surface area contributed by atoms with Crippen LogP contribution in [0.5, 0.6) is 0 Å². The molecule has 0 radical (unpaired) electrons. The summed E-state index contributed by atoms with van der Waals surface area (Å²) in [4.78, 5) is 9.33. The van der Waals surface area contributed by atoms with Gasteiger partial charge in [0.15, 0.2) is 0 Å². The van der Waals surface area contributed by atoms with Crippen molar-refractivity contribution in [3.8, 4) is 0 Å². The Labute approximate surface area is 111 Å². The van der Waals surface area contributed by atoms with Gasteiger partial charge in [0.25, 0.3) is 0 Å². The van der Waals surface area contributed by atoms with Gasteiger partial charge < -0.3 is 5.32 Å². The topological polar surface area (TPSA) is 37.8 Å². The summed E-state index contributed by atoms with van der Waals surface area (Å²) >= 11 is 0. The number of nitrogens with zero attached hydrogens (tertiary/aromatic N) is 2. The fourth-order valence-electron chi connectivity index (χ4n) is 1.70. The van der Waals surface area contributed by atoms with E-state index in [0.717, 1.165) is 36.7 Å². The lowest BCUT2D eigenvalue weighted by Gasteiger charge is -2.19. The molecule has 18 heavy (non-hydrogen) atoms. The van der Waals surface area contributed by atoms with Crippen molar-refractivity contribution < 1.29 is 0 Å². The lowest BCUT2D eigenvalue weighted by molar-refractivity contribution is 0.535. The average molecular weight is 249 g/mol. The van der Waals surface area contributed by atoms with Gasteiger partial charge >= 0.3 is 0 Å². The van der Waals surface area contributed by atoms with Crippen molar-refractivity contribution in [1.29, 1.82) is 0 Å². The molecular weight excluding hydrogens is 222 g/mol. The van der Waals surface area contributed by atoms with Gasteiger partial charge in [-0.2, -0.15) is 0 Å². The molecular formula is C15H27N3. The first-order chi connectivity index (χ1) is 8.32. The van der Waals surface area contributed by atoms with Crippen molar-refractivity contribution in [2.45, 2.75) is 59.8 Å². The van der Waals surface area contributed by atoms with Gasteiger partial charge in [-0.05, 0) is 18.8 Å². The minimum absolute atomic E-state index is 0.00433. The Kier molecular flexibility index (Phi) is 5.12. The Morgan fingerprint density at radius 3 is 2.39 bits per heavy atom. The van der Waals surface area contributed by atoms with Crippen molar-refractivity contribution in [2.75, 3.05) is 11.9 Å². The monoisotopic (exact) mass is 249 g/mol. The summed E-state index contributed by atoms with van der Waals surface area (Å²) in [5.74, 6) is 2.51. The van der Waals surface area contributed by atoms with Crippen LogP contribution in [0.3, 0.4) is 0 Å². The average Bonchev–Trinajstić information content (AvgIpc) is 2.24. The van der Waals surface area contributed by atoms with E-state index in [1.165, 1.54) is 0 Å². The summed E-state index contributed by atoms with van der Waals surface area (Å²) in [5, 5.41) is 3.37. The second-order valence-electron chi connectivity index (χ2n) is 6.34. The first kappa shape index (κ1) is 14.9. The number of hydrogen-bond acceptors (Lipinski definition) is 3. The minimum atomic E-state index is -0.00433. The summed E-state index contributed by atoms with van der Waals surface area (Å²) in [6.45, 7) is 14.0. The Morgan fingerprint density at radius 2 is 1.89 bits per heavy atom. The van der Waals surface area contributed by atoms with E-state index < -0.39 is 0 Å². The van der Waals surface area contributed by atoms with Crippen LogP contribution in [-0.2, 0) is 11.8 Å². The van der Waals surface area contributed by atoms with Crippen molar-refractivity contribution in [3.63, 3.8) is 0 Å². The Balaban J connectivity index is 3.03. The Morgan fingerprint density at radius 1 is 1.22 bits per heavy atom. The van der Waals surface area contributed by atoms with E-state index in [1.54, 1.807) is 0 Å². The van der Waals surface area contributed by atoms with E-state index in [-0.39, 0.29) is 5.41 Å². The van der Waals surface area contributed by atoms with Crippen LogP contribution in [0.15, 0.2) is 6.07 Å². The molecule has 0 aromatic carbocycles. The van der Waals surface area contributed by atoms with Crippen LogP contribution in [-0.4, -0.2) is 16.5 Å². The third-order valence-electron chi connectivity index (χ3n) is 2.62. The maximum atomic E-state index is 4.70. The van der Waals surface area contributed by atoms with Gasteiger partial charge in [-0.1, -0.05) is 41.5 Å². The highest BCUT2D eigenvalue weighted by Crippen LogP contribution is 2.21. The summed E-state index contributed by atoms with van der Waals surface area (Å²) in [6.07, 6.45) is 2.11. The van der Waals surface area contributed by atoms with E-state index in [4.69, 9.17) is 4.98 Å². The van der Waals surface area contributed by atoms with Gasteiger partial charge in [-0.25, -0.2) is 9.97 Å². The van der Waals surface area contributed by atoms with Gasteiger partial charge in [-0.3, -0.25) is 0 Å². The number of hydrogen-bond donors (Lipinski definition) is 1. The maximum absolute atomic E-state index is 4.70. The molecule has 0 amide bonds. The molecule has 1 N–H and O–H groups in total. The van der Waals surface area contributed by atoms with Crippen LogP contribution in [0, 0.1) is 5.92 Å². The normalized spacial score (nSPS) is 11.9. The lowest BCUT2D eigenvalue weighted by atomic mass is 9.95. The molecule has 0 fully saturated rings. The largest absolute Gasteiger partial charge is 0.370 e. The zero-order valence-corrected chi connectivity index (χ0v) is 12.7. The molecule has 0 atom stereocenters. The van der Waals surface area contributed by atoms with Gasteiger partial charge in [0, 0.05) is 23.7 Å². The second-order valence-corrected chi connectivity index (χ2v) is 6.34. The predicted molar refractivity (Wildman–Crippen MR) is 78.1 cm³/mol. The summed E-state index contributed by atoms with van der Waals surface area (Å²) in [5.41, 5.74) is 1.14. The van der Waals surface area contributed by atoms with Crippen molar-refractivity contribution in [2.24, 2.45) is 5.92 Å². The zero-order chi connectivity index (χ0) is 13.8. The highest BCUT2D eigenvalue weighted by Gasteiger charge is 2.19. The highest BCUT2D eigenvalue weighted by atomic mass is 15.0. The van der Waals surface area contributed by atoms with Crippen molar-refractivity contribution in [3.05, 3.63) is 17.6 Å². The smallest absolute Gasteiger partial charge is 0.136 e. The fraction of sp³-hybridized carbons (Fsp3) is 0.733. The summed E-state index contributed by atoms with van der Waals surface area (Å²) in [6, 6.07) is 2.09. The number of nitrogens with one attached hydrogen (secondary N) is 1. The Bertz CT molecular complexity index is 378. The van der Waals surface area contributed by atoms with E-state index in [1.807, 2.05) is 0 Å². The molecule has 0 aliphatic heterocycles. The molecule has 0 saturated heterocycles. The third kappa shape index (κ3) is 4.63. The molecule has 1 rings (SSSR count).